The monoisotopic (exact) mass is 441 g/mol. The average molecular weight is 441 g/mol. The zero-order chi connectivity index (χ0) is 22.5. The van der Waals surface area contributed by atoms with Crippen LogP contribution in [0.4, 0.5) is 5.82 Å². The maximum Gasteiger partial charge on any atom is 0.143 e. The molecule has 0 aliphatic carbocycles. The van der Waals surface area contributed by atoms with Gasteiger partial charge in [0.05, 0.1) is 17.9 Å². The number of hydrogen-bond donors (Lipinski definition) is 2. The number of rotatable bonds is 7. The van der Waals surface area contributed by atoms with Crippen molar-refractivity contribution in [1.29, 1.82) is 10.5 Å². The first-order valence-electron chi connectivity index (χ1n) is 9.65. The summed E-state index contributed by atoms with van der Waals surface area (Å²) in [6.07, 6.45) is 3.57. The fourth-order valence-corrected chi connectivity index (χ4v) is 4.32. The molecule has 0 unspecified atom stereocenters. The zero-order valence-corrected chi connectivity index (χ0v) is 17.6. The highest BCUT2D eigenvalue weighted by atomic mass is 32.2. The van der Waals surface area contributed by atoms with Crippen LogP contribution in [0.25, 0.3) is 22.0 Å². The summed E-state index contributed by atoms with van der Waals surface area (Å²) in [5.41, 5.74) is 9.40. The second-order valence-electron chi connectivity index (χ2n) is 6.71. The number of nitriles is 2. The Morgan fingerprint density at radius 3 is 2.59 bits per heavy atom. The molecule has 3 heterocycles. The molecule has 0 amide bonds. The highest BCUT2D eigenvalue weighted by Crippen LogP contribution is 2.37. The molecule has 0 spiro atoms. The lowest BCUT2D eigenvalue weighted by molar-refractivity contribution is -0.370. The van der Waals surface area contributed by atoms with Crippen molar-refractivity contribution in [2.45, 2.75) is 10.8 Å². The van der Waals surface area contributed by atoms with E-state index in [1.165, 1.54) is 11.8 Å². The highest BCUT2D eigenvalue weighted by Gasteiger charge is 2.21. The van der Waals surface area contributed by atoms with Gasteiger partial charge in [0, 0.05) is 34.6 Å². The topological polar surface area (TPSA) is 147 Å². The number of thioether (sulfide) groups is 1. The highest BCUT2D eigenvalue weighted by molar-refractivity contribution is 7.98. The van der Waals surface area contributed by atoms with Gasteiger partial charge in [-0.15, -0.1) is 6.61 Å². The van der Waals surface area contributed by atoms with Gasteiger partial charge in [0.2, 0.25) is 0 Å². The Hall–Kier alpha value is -4.05. The number of nitrogens with two attached hydrogens (primary N) is 1. The molecule has 0 fully saturated rings. The number of nitrogen functional groups attached to an aromatic ring is 1. The summed E-state index contributed by atoms with van der Waals surface area (Å²) in [5, 5.41) is 31.7. The van der Waals surface area contributed by atoms with Gasteiger partial charge in [-0.05, 0) is 29.8 Å². The van der Waals surface area contributed by atoms with E-state index in [0.29, 0.717) is 27.7 Å². The van der Waals surface area contributed by atoms with Crippen LogP contribution < -0.4 is 15.6 Å². The molecule has 4 rings (SSSR count). The number of hydrogen-bond acceptors (Lipinski definition) is 8. The summed E-state index contributed by atoms with van der Waals surface area (Å²) < 4.78 is 5.33. The molecule has 3 aromatic heterocycles. The molecule has 0 saturated carbocycles. The molecule has 32 heavy (non-hydrogen) atoms. The van der Waals surface area contributed by atoms with Crippen LogP contribution in [0, 0.1) is 22.7 Å². The van der Waals surface area contributed by atoms with E-state index in [2.05, 4.69) is 27.1 Å². The van der Waals surface area contributed by atoms with Crippen LogP contribution in [0.5, 0.6) is 5.75 Å². The third kappa shape index (κ3) is 4.08. The van der Waals surface area contributed by atoms with Gasteiger partial charge in [0.15, 0.2) is 0 Å². The Bertz CT molecular complexity index is 1350. The van der Waals surface area contributed by atoms with Gasteiger partial charge in [-0.25, -0.2) is 4.98 Å². The zero-order valence-electron chi connectivity index (χ0n) is 16.8. The predicted octanol–water partition coefficient (Wildman–Crippen LogP) is 2.98. The average Bonchev–Trinajstić information content (AvgIpc) is 3.31. The van der Waals surface area contributed by atoms with Crippen LogP contribution in [0.1, 0.15) is 16.8 Å². The van der Waals surface area contributed by atoms with Gasteiger partial charge in [-0.3, -0.25) is 4.98 Å². The van der Waals surface area contributed by atoms with E-state index in [9.17, 15) is 15.6 Å². The molecule has 0 bridgehead atoms. The molecular weight excluding hydrogens is 424 g/mol. The smallest absolute Gasteiger partial charge is 0.143 e. The number of aromatic nitrogens is 3. The molecule has 158 valence electrons. The van der Waals surface area contributed by atoms with E-state index in [1.807, 2.05) is 18.3 Å². The van der Waals surface area contributed by atoms with Crippen LogP contribution in [0.3, 0.4) is 0 Å². The number of ether oxygens (including phenoxy) is 1. The Labute approximate surface area is 188 Å². The summed E-state index contributed by atoms with van der Waals surface area (Å²) in [6, 6.07) is 14.9. The van der Waals surface area contributed by atoms with E-state index in [-0.39, 0.29) is 30.2 Å². The lowest BCUT2D eigenvalue weighted by Gasteiger charge is -2.14. The summed E-state index contributed by atoms with van der Waals surface area (Å²) in [5.74, 6) is 1.07. The predicted molar refractivity (Wildman–Crippen MR) is 120 cm³/mol. The number of pyridine rings is 2. The number of nitrogens with zero attached hydrogens (tertiary/aromatic N) is 4. The minimum absolute atomic E-state index is 0.0588. The van der Waals surface area contributed by atoms with Crippen molar-refractivity contribution < 1.29 is 9.84 Å². The molecule has 0 saturated heterocycles. The first-order chi connectivity index (χ1) is 15.7. The third-order valence-electron chi connectivity index (χ3n) is 4.82. The Kier molecular flexibility index (Phi) is 6.22. The molecule has 0 aliphatic heterocycles. The number of H-pyrrole nitrogens is 1. The Morgan fingerprint density at radius 1 is 1.09 bits per heavy atom. The molecular formula is C23H17N6O2S-. The van der Waals surface area contributed by atoms with Gasteiger partial charge in [-0.2, -0.15) is 10.5 Å². The number of fused-ring (bicyclic) bond motifs is 1. The van der Waals surface area contributed by atoms with E-state index in [1.54, 1.807) is 30.5 Å². The van der Waals surface area contributed by atoms with Gasteiger partial charge >= 0.3 is 0 Å². The standard InChI is InChI=1S/C23H17N6O2S/c24-11-17-21(14-1-3-15(4-2-14)31-10-9-30)18(12-25)23(29-22(17)26)32-13-20-16-5-7-27-19(16)6-8-28-20/h1-8,27H,9-10,13H2,(H2,26,29)/q-1. The van der Waals surface area contributed by atoms with Gasteiger partial charge in [0.25, 0.3) is 0 Å². The molecule has 0 radical (unpaired) electrons. The fraction of sp³-hybridized carbons (Fsp3) is 0.130. The SMILES string of the molecule is N#Cc1c(N)nc(SCc2nccc3[nH]ccc23)c(C#N)c1-c1ccc(OCC[O-])cc1. The molecule has 0 aliphatic rings. The molecule has 8 nitrogen and oxygen atoms in total. The summed E-state index contributed by atoms with van der Waals surface area (Å²) in [6.45, 7) is -0.275. The molecule has 9 heteroatoms. The van der Waals surface area contributed by atoms with Gasteiger partial charge in [-0.1, -0.05) is 23.9 Å². The van der Waals surface area contributed by atoms with Crippen LogP contribution >= 0.6 is 11.8 Å². The van der Waals surface area contributed by atoms with E-state index in [0.717, 1.165) is 16.6 Å². The Morgan fingerprint density at radius 2 is 1.88 bits per heavy atom. The van der Waals surface area contributed by atoms with Crippen molar-refractivity contribution in [3.63, 3.8) is 0 Å². The summed E-state index contributed by atoms with van der Waals surface area (Å²) >= 11 is 1.34. The maximum absolute atomic E-state index is 10.6. The second kappa shape index (κ2) is 9.40. The van der Waals surface area contributed by atoms with Crippen LogP contribution in [-0.2, 0) is 5.75 Å². The van der Waals surface area contributed by atoms with Crippen LogP contribution in [0.2, 0.25) is 0 Å². The van der Waals surface area contributed by atoms with E-state index in [4.69, 9.17) is 10.5 Å². The summed E-state index contributed by atoms with van der Waals surface area (Å²) in [7, 11) is 0. The number of anilines is 1. The van der Waals surface area contributed by atoms with Crippen molar-refractivity contribution in [2.75, 3.05) is 18.9 Å². The van der Waals surface area contributed by atoms with Crippen molar-refractivity contribution in [2.24, 2.45) is 0 Å². The normalized spacial score (nSPS) is 10.6. The lowest BCUT2D eigenvalue weighted by Crippen LogP contribution is -2.14. The largest absolute Gasteiger partial charge is 0.852 e. The number of aromatic amines is 1. The maximum atomic E-state index is 10.6. The van der Waals surface area contributed by atoms with Crippen LogP contribution in [0.15, 0.2) is 53.8 Å². The molecule has 0 atom stereocenters. The van der Waals surface area contributed by atoms with E-state index < -0.39 is 0 Å². The lowest BCUT2D eigenvalue weighted by atomic mass is 9.97. The minimum atomic E-state index is -0.342. The van der Waals surface area contributed by atoms with Crippen molar-refractivity contribution >= 4 is 28.5 Å². The first-order valence-corrected chi connectivity index (χ1v) is 10.6. The molecule has 4 aromatic rings. The Balaban J connectivity index is 1.73. The van der Waals surface area contributed by atoms with Crippen molar-refractivity contribution in [1.82, 2.24) is 15.0 Å². The fourth-order valence-electron chi connectivity index (χ4n) is 3.36. The van der Waals surface area contributed by atoms with E-state index >= 15 is 0 Å². The molecule has 1 aromatic carbocycles. The second-order valence-corrected chi connectivity index (χ2v) is 7.68. The summed E-state index contributed by atoms with van der Waals surface area (Å²) in [4.78, 5) is 11.9. The van der Waals surface area contributed by atoms with Gasteiger partial charge < -0.3 is 20.6 Å². The number of nitrogens with one attached hydrogen (secondary N) is 1. The minimum Gasteiger partial charge on any atom is -0.852 e. The van der Waals surface area contributed by atoms with Crippen molar-refractivity contribution in [3.8, 4) is 29.0 Å². The van der Waals surface area contributed by atoms with Gasteiger partial charge in [0.1, 0.15) is 34.3 Å². The molecule has 3 N–H and O–H groups in total. The number of benzene rings is 1. The third-order valence-corrected chi connectivity index (χ3v) is 5.80. The van der Waals surface area contributed by atoms with Crippen molar-refractivity contribution in [3.05, 3.63) is 65.6 Å². The first kappa shape index (κ1) is 21.2. The van der Waals surface area contributed by atoms with Crippen LogP contribution in [-0.4, -0.2) is 28.2 Å². The quantitative estimate of drug-likeness (QED) is 0.416.